The first-order valence-corrected chi connectivity index (χ1v) is 6.92. The first-order chi connectivity index (χ1) is 9.78. The van der Waals surface area contributed by atoms with Crippen LogP contribution in [-0.2, 0) is 18.8 Å². The van der Waals surface area contributed by atoms with Crippen molar-refractivity contribution in [1.82, 2.24) is 14.5 Å². The molecule has 0 bridgehead atoms. The normalized spacial score (nSPS) is 11.1. The number of halogens is 2. The van der Waals surface area contributed by atoms with Crippen molar-refractivity contribution in [3.8, 4) is 0 Å². The van der Waals surface area contributed by atoms with Gasteiger partial charge in [-0.2, -0.15) is 0 Å². The van der Waals surface area contributed by atoms with E-state index < -0.39 is 0 Å². The molecule has 2 heterocycles. The second-order valence-electron chi connectivity index (χ2n) is 4.54. The van der Waals surface area contributed by atoms with Gasteiger partial charge in [-0.25, -0.2) is 14.4 Å². The molecule has 0 saturated carbocycles. The van der Waals surface area contributed by atoms with Gasteiger partial charge in [-0.3, -0.25) is 0 Å². The Morgan fingerprint density at radius 1 is 1.20 bits per heavy atom. The molecule has 0 atom stereocenters. The highest BCUT2D eigenvalue weighted by Gasteiger charge is 2.10. The second kappa shape index (κ2) is 5.59. The molecule has 2 aromatic heterocycles. The summed E-state index contributed by atoms with van der Waals surface area (Å²) in [5.41, 5.74) is 2.60. The molecular formula is C15H13ClFN3. The third-order valence-corrected chi connectivity index (χ3v) is 3.45. The summed E-state index contributed by atoms with van der Waals surface area (Å²) in [4.78, 5) is 8.80. The minimum absolute atomic E-state index is 0.214. The number of hydrogen-bond donors (Lipinski definition) is 0. The summed E-state index contributed by atoms with van der Waals surface area (Å²) in [6, 6.07) is 10.4. The number of benzene rings is 1. The predicted octanol–water partition coefficient (Wildman–Crippen LogP) is 3.55. The van der Waals surface area contributed by atoms with Crippen molar-refractivity contribution in [3.63, 3.8) is 0 Å². The Labute approximate surface area is 121 Å². The smallest absolute Gasteiger partial charge is 0.160 e. The molecule has 102 valence electrons. The molecule has 0 aliphatic carbocycles. The van der Waals surface area contributed by atoms with E-state index in [1.807, 2.05) is 22.8 Å². The fourth-order valence-corrected chi connectivity index (χ4v) is 2.48. The van der Waals surface area contributed by atoms with Gasteiger partial charge in [0.25, 0.3) is 0 Å². The highest BCUT2D eigenvalue weighted by Crippen LogP contribution is 2.16. The van der Waals surface area contributed by atoms with Gasteiger partial charge in [0, 0.05) is 12.7 Å². The predicted molar refractivity (Wildman–Crippen MR) is 77.2 cm³/mol. The van der Waals surface area contributed by atoms with E-state index in [1.165, 1.54) is 6.07 Å². The summed E-state index contributed by atoms with van der Waals surface area (Å²) in [7, 11) is 0. The number of nitrogens with zero attached hydrogens (tertiary/aromatic N) is 3. The molecule has 0 radical (unpaired) electrons. The van der Waals surface area contributed by atoms with Crippen molar-refractivity contribution in [2.24, 2.45) is 0 Å². The second-order valence-corrected chi connectivity index (χ2v) is 4.81. The molecule has 1 aromatic carbocycles. The Hall–Kier alpha value is -1.94. The van der Waals surface area contributed by atoms with Crippen LogP contribution in [0.15, 0.2) is 42.6 Å². The Kier molecular flexibility index (Phi) is 3.65. The molecule has 0 saturated heterocycles. The zero-order chi connectivity index (χ0) is 13.9. The summed E-state index contributed by atoms with van der Waals surface area (Å²) in [5.74, 6) is 0.907. The van der Waals surface area contributed by atoms with Gasteiger partial charge in [0.1, 0.15) is 17.2 Å². The van der Waals surface area contributed by atoms with Crippen molar-refractivity contribution in [1.29, 1.82) is 0 Å². The highest BCUT2D eigenvalue weighted by molar-refractivity contribution is 6.16. The summed E-state index contributed by atoms with van der Waals surface area (Å²) >= 11 is 5.94. The fraction of sp³-hybridized carbons (Fsp3) is 0.200. The summed E-state index contributed by atoms with van der Waals surface area (Å²) in [6.07, 6.45) is 2.45. The molecule has 0 N–H and O–H groups in total. The lowest BCUT2D eigenvalue weighted by Crippen LogP contribution is -2.06. The van der Waals surface area contributed by atoms with Crippen LogP contribution in [0.25, 0.3) is 11.2 Å². The van der Waals surface area contributed by atoms with E-state index in [2.05, 4.69) is 9.97 Å². The molecule has 0 aliphatic rings. The lowest BCUT2D eigenvalue weighted by Gasteiger charge is -2.07. The van der Waals surface area contributed by atoms with Gasteiger partial charge in [-0.1, -0.05) is 12.1 Å². The number of pyridine rings is 1. The molecule has 0 amide bonds. The van der Waals surface area contributed by atoms with Crippen molar-refractivity contribution >= 4 is 22.8 Å². The van der Waals surface area contributed by atoms with Gasteiger partial charge in [-0.15, -0.1) is 11.6 Å². The van der Waals surface area contributed by atoms with Crippen LogP contribution in [0.5, 0.6) is 0 Å². The van der Waals surface area contributed by atoms with Gasteiger partial charge < -0.3 is 4.57 Å². The van der Waals surface area contributed by atoms with Crippen molar-refractivity contribution in [2.75, 3.05) is 0 Å². The average Bonchev–Trinajstić information content (AvgIpc) is 2.83. The minimum Gasteiger partial charge on any atom is -0.311 e. The van der Waals surface area contributed by atoms with Crippen molar-refractivity contribution in [3.05, 3.63) is 59.8 Å². The Bertz CT molecular complexity index is 739. The van der Waals surface area contributed by atoms with Gasteiger partial charge in [0.2, 0.25) is 0 Å². The molecule has 0 unspecified atom stereocenters. The number of imidazole rings is 1. The molecule has 0 aliphatic heterocycles. The number of aromatic nitrogens is 3. The SMILES string of the molecule is Fc1cccc(CCn2c(CCl)nc3cccnc32)c1. The van der Waals surface area contributed by atoms with Crippen molar-refractivity contribution in [2.45, 2.75) is 18.8 Å². The maximum Gasteiger partial charge on any atom is 0.160 e. The zero-order valence-electron chi connectivity index (χ0n) is 10.8. The first-order valence-electron chi connectivity index (χ1n) is 6.38. The van der Waals surface area contributed by atoms with Crippen LogP contribution in [0.1, 0.15) is 11.4 Å². The summed E-state index contributed by atoms with van der Waals surface area (Å²) < 4.78 is 15.2. The van der Waals surface area contributed by atoms with E-state index in [1.54, 1.807) is 18.3 Å². The molecule has 0 fully saturated rings. The Morgan fingerprint density at radius 2 is 2.10 bits per heavy atom. The van der Waals surface area contributed by atoms with E-state index in [-0.39, 0.29) is 5.82 Å². The minimum atomic E-state index is -0.214. The van der Waals surface area contributed by atoms with Gasteiger partial charge in [0.05, 0.1) is 5.88 Å². The Balaban J connectivity index is 1.90. The summed E-state index contributed by atoms with van der Waals surface area (Å²) in [5, 5.41) is 0. The molecular weight excluding hydrogens is 277 g/mol. The lowest BCUT2D eigenvalue weighted by atomic mass is 10.1. The fourth-order valence-electron chi connectivity index (χ4n) is 2.28. The van der Waals surface area contributed by atoms with Crippen LogP contribution in [0, 0.1) is 5.82 Å². The maximum atomic E-state index is 13.2. The van der Waals surface area contributed by atoms with Crippen LogP contribution >= 0.6 is 11.6 Å². The van der Waals surface area contributed by atoms with Gasteiger partial charge in [-0.05, 0) is 36.2 Å². The van der Waals surface area contributed by atoms with E-state index in [4.69, 9.17) is 11.6 Å². The number of aryl methyl sites for hydroxylation is 2. The molecule has 3 rings (SSSR count). The van der Waals surface area contributed by atoms with Crippen LogP contribution in [-0.4, -0.2) is 14.5 Å². The largest absolute Gasteiger partial charge is 0.311 e. The number of alkyl halides is 1. The number of hydrogen-bond acceptors (Lipinski definition) is 2. The average molecular weight is 290 g/mol. The third-order valence-electron chi connectivity index (χ3n) is 3.22. The monoisotopic (exact) mass is 289 g/mol. The van der Waals surface area contributed by atoms with Crippen LogP contribution in [0.3, 0.4) is 0 Å². The van der Waals surface area contributed by atoms with Crippen LogP contribution in [0.2, 0.25) is 0 Å². The summed E-state index contributed by atoms with van der Waals surface area (Å²) in [6.45, 7) is 0.680. The zero-order valence-corrected chi connectivity index (χ0v) is 11.5. The maximum absolute atomic E-state index is 13.2. The van der Waals surface area contributed by atoms with Crippen molar-refractivity contribution < 1.29 is 4.39 Å². The molecule has 5 heteroatoms. The van der Waals surface area contributed by atoms with Gasteiger partial charge >= 0.3 is 0 Å². The molecule has 3 aromatic rings. The lowest BCUT2D eigenvalue weighted by molar-refractivity contribution is 0.621. The van der Waals surface area contributed by atoms with Crippen LogP contribution in [0.4, 0.5) is 4.39 Å². The Morgan fingerprint density at radius 3 is 2.90 bits per heavy atom. The number of rotatable bonds is 4. The third kappa shape index (κ3) is 2.51. The molecule has 3 nitrogen and oxygen atoms in total. The first kappa shape index (κ1) is 13.1. The van der Waals surface area contributed by atoms with E-state index >= 15 is 0 Å². The quantitative estimate of drug-likeness (QED) is 0.688. The van der Waals surface area contributed by atoms with Crippen LogP contribution < -0.4 is 0 Å². The van der Waals surface area contributed by atoms with E-state index in [0.717, 1.165) is 22.6 Å². The highest BCUT2D eigenvalue weighted by atomic mass is 35.5. The topological polar surface area (TPSA) is 30.7 Å². The standard InChI is InChI=1S/C15H13ClFN3/c16-10-14-19-13-5-2-7-18-15(13)20(14)8-6-11-3-1-4-12(17)9-11/h1-5,7,9H,6,8,10H2. The molecule has 0 spiro atoms. The van der Waals surface area contributed by atoms with Gasteiger partial charge in [0.15, 0.2) is 5.65 Å². The number of fused-ring (bicyclic) bond motifs is 1. The van der Waals surface area contributed by atoms with E-state index in [0.29, 0.717) is 18.8 Å². The van der Waals surface area contributed by atoms with E-state index in [9.17, 15) is 4.39 Å². The molecule has 20 heavy (non-hydrogen) atoms.